The molecule has 1 aliphatic rings. The van der Waals surface area contributed by atoms with E-state index >= 15 is 0 Å². The molecule has 1 aliphatic carbocycles. The van der Waals surface area contributed by atoms with Gasteiger partial charge < -0.3 is 16.0 Å². The van der Waals surface area contributed by atoms with Gasteiger partial charge in [0, 0.05) is 31.6 Å². The molecule has 3 N–H and O–H groups in total. The summed E-state index contributed by atoms with van der Waals surface area (Å²) in [6.45, 7) is 5.33. The van der Waals surface area contributed by atoms with Crippen LogP contribution in [-0.2, 0) is 16.1 Å². The number of benzene rings is 1. The van der Waals surface area contributed by atoms with Gasteiger partial charge in [-0.25, -0.2) is 0 Å². The van der Waals surface area contributed by atoms with E-state index < -0.39 is 0 Å². The summed E-state index contributed by atoms with van der Waals surface area (Å²) < 4.78 is 0. The van der Waals surface area contributed by atoms with E-state index in [0.29, 0.717) is 25.6 Å². The summed E-state index contributed by atoms with van der Waals surface area (Å²) in [4.78, 5) is 25.7. The molecule has 2 amide bonds. The van der Waals surface area contributed by atoms with Gasteiger partial charge in [-0.2, -0.15) is 0 Å². The molecule has 1 aromatic rings. The summed E-state index contributed by atoms with van der Waals surface area (Å²) in [7, 11) is 0. The minimum atomic E-state index is 0.0213. The molecule has 1 saturated carbocycles. The van der Waals surface area contributed by atoms with Gasteiger partial charge in [0.2, 0.25) is 11.8 Å². The molecule has 2 rings (SSSR count). The molecule has 0 aromatic heterocycles. The van der Waals surface area contributed by atoms with Crippen LogP contribution in [-0.4, -0.2) is 29.8 Å². The normalized spacial score (nSPS) is 20.3. The van der Waals surface area contributed by atoms with Crippen LogP contribution in [0.3, 0.4) is 0 Å². The summed E-state index contributed by atoms with van der Waals surface area (Å²) in [5.41, 5.74) is 7.56. The van der Waals surface area contributed by atoms with Gasteiger partial charge in [0.1, 0.15) is 0 Å². The predicted octanol–water partition coefficient (Wildman–Crippen LogP) is 2.37. The van der Waals surface area contributed by atoms with E-state index in [-0.39, 0.29) is 17.7 Å². The van der Waals surface area contributed by atoms with Crippen molar-refractivity contribution in [2.75, 3.05) is 18.4 Å². The van der Waals surface area contributed by atoms with Crippen molar-refractivity contribution in [1.82, 2.24) is 4.90 Å². The van der Waals surface area contributed by atoms with Crippen LogP contribution in [0, 0.1) is 11.8 Å². The maximum atomic E-state index is 12.5. The second kappa shape index (κ2) is 8.11. The lowest BCUT2D eigenvalue weighted by Crippen LogP contribution is -2.30. The van der Waals surface area contributed by atoms with Crippen molar-refractivity contribution < 1.29 is 9.59 Å². The molecule has 0 saturated heterocycles. The van der Waals surface area contributed by atoms with Crippen LogP contribution >= 0.6 is 0 Å². The Morgan fingerprint density at radius 2 is 2.13 bits per heavy atom. The first kappa shape index (κ1) is 17.5. The number of carbonyl (C=O) groups is 2. The summed E-state index contributed by atoms with van der Waals surface area (Å²) in [6, 6.07) is 7.71. The smallest absolute Gasteiger partial charge is 0.227 e. The molecular formula is C18H27N3O2. The van der Waals surface area contributed by atoms with Crippen LogP contribution in [0.1, 0.15) is 38.7 Å². The van der Waals surface area contributed by atoms with Crippen LogP contribution in [0.2, 0.25) is 0 Å². The van der Waals surface area contributed by atoms with Gasteiger partial charge in [0.15, 0.2) is 0 Å². The van der Waals surface area contributed by atoms with Gasteiger partial charge in [-0.05, 0) is 49.9 Å². The van der Waals surface area contributed by atoms with Crippen molar-refractivity contribution in [3.05, 3.63) is 29.8 Å². The minimum absolute atomic E-state index is 0.0213. The first-order valence-electron chi connectivity index (χ1n) is 8.40. The molecule has 1 aromatic carbocycles. The zero-order chi connectivity index (χ0) is 16.8. The third kappa shape index (κ3) is 4.55. The highest BCUT2D eigenvalue weighted by Gasteiger charge is 2.31. The second-order valence-corrected chi connectivity index (χ2v) is 6.26. The van der Waals surface area contributed by atoms with Crippen LogP contribution in [0.5, 0.6) is 0 Å². The fourth-order valence-corrected chi connectivity index (χ4v) is 3.31. The number of nitrogens with zero attached hydrogens (tertiary/aromatic N) is 1. The predicted molar refractivity (Wildman–Crippen MR) is 91.7 cm³/mol. The lowest BCUT2D eigenvalue weighted by Gasteiger charge is -2.20. The van der Waals surface area contributed by atoms with E-state index in [2.05, 4.69) is 5.32 Å². The largest absolute Gasteiger partial charge is 0.339 e. The molecule has 0 aliphatic heterocycles. The molecule has 0 bridgehead atoms. The molecule has 2 atom stereocenters. The van der Waals surface area contributed by atoms with E-state index in [1.807, 2.05) is 31.2 Å². The number of hydrogen-bond acceptors (Lipinski definition) is 3. The van der Waals surface area contributed by atoms with Gasteiger partial charge in [-0.15, -0.1) is 0 Å². The maximum Gasteiger partial charge on any atom is 0.227 e. The summed E-state index contributed by atoms with van der Waals surface area (Å²) in [5.74, 6) is 0.437. The molecule has 5 heteroatoms. The number of anilines is 1. The zero-order valence-electron chi connectivity index (χ0n) is 14.0. The van der Waals surface area contributed by atoms with Crippen LogP contribution < -0.4 is 11.1 Å². The first-order valence-corrected chi connectivity index (χ1v) is 8.40. The third-order valence-corrected chi connectivity index (χ3v) is 4.69. The van der Waals surface area contributed by atoms with Gasteiger partial charge in [-0.1, -0.05) is 18.6 Å². The summed E-state index contributed by atoms with van der Waals surface area (Å²) in [5, 5.41) is 3.01. The number of rotatable bonds is 6. The van der Waals surface area contributed by atoms with Gasteiger partial charge >= 0.3 is 0 Å². The quantitative estimate of drug-likeness (QED) is 0.846. The first-order chi connectivity index (χ1) is 11.0. The van der Waals surface area contributed by atoms with E-state index in [1.54, 1.807) is 11.8 Å². The Labute approximate surface area is 138 Å². The van der Waals surface area contributed by atoms with Crippen molar-refractivity contribution in [2.45, 2.75) is 39.7 Å². The molecule has 5 nitrogen and oxygen atoms in total. The standard InChI is InChI=1S/C18H27N3O2/c1-3-21(13(2)22)12-14-6-4-8-16(10-14)20-18(23)17-9-5-7-15(17)11-19/h4,6,8,10,15,17H,3,5,7,9,11-12,19H2,1-2H3,(H,20,23)/t15-,17-/m1/s1. The van der Waals surface area contributed by atoms with Gasteiger partial charge in [0.05, 0.1) is 0 Å². The number of nitrogens with two attached hydrogens (primary N) is 1. The number of amides is 2. The fourth-order valence-electron chi connectivity index (χ4n) is 3.31. The van der Waals surface area contributed by atoms with E-state index in [1.165, 1.54) is 0 Å². The summed E-state index contributed by atoms with van der Waals surface area (Å²) in [6.07, 6.45) is 3.03. The lowest BCUT2D eigenvalue weighted by molar-refractivity contribution is -0.129. The van der Waals surface area contributed by atoms with Crippen LogP contribution in [0.15, 0.2) is 24.3 Å². The molecule has 0 spiro atoms. The van der Waals surface area contributed by atoms with Crippen molar-refractivity contribution in [2.24, 2.45) is 17.6 Å². The number of carbonyl (C=O) groups excluding carboxylic acids is 2. The highest BCUT2D eigenvalue weighted by atomic mass is 16.2. The topological polar surface area (TPSA) is 75.4 Å². The Balaban J connectivity index is 2.02. The Morgan fingerprint density at radius 3 is 2.78 bits per heavy atom. The highest BCUT2D eigenvalue weighted by Crippen LogP contribution is 2.31. The molecule has 1 fully saturated rings. The van der Waals surface area contributed by atoms with Crippen LogP contribution in [0.25, 0.3) is 0 Å². The van der Waals surface area contributed by atoms with E-state index in [0.717, 1.165) is 30.5 Å². The monoisotopic (exact) mass is 317 g/mol. The number of hydrogen-bond donors (Lipinski definition) is 2. The van der Waals surface area contributed by atoms with Gasteiger partial charge in [0.25, 0.3) is 0 Å². The Morgan fingerprint density at radius 1 is 1.35 bits per heavy atom. The fraction of sp³-hybridized carbons (Fsp3) is 0.556. The van der Waals surface area contributed by atoms with Crippen molar-refractivity contribution in [1.29, 1.82) is 0 Å². The molecule has 0 radical (unpaired) electrons. The number of nitrogens with one attached hydrogen (secondary N) is 1. The Hall–Kier alpha value is -1.88. The molecule has 0 unspecified atom stereocenters. The van der Waals surface area contributed by atoms with E-state index in [4.69, 9.17) is 5.73 Å². The highest BCUT2D eigenvalue weighted by molar-refractivity contribution is 5.93. The minimum Gasteiger partial charge on any atom is -0.339 e. The second-order valence-electron chi connectivity index (χ2n) is 6.26. The van der Waals surface area contributed by atoms with Gasteiger partial charge in [-0.3, -0.25) is 9.59 Å². The third-order valence-electron chi connectivity index (χ3n) is 4.69. The van der Waals surface area contributed by atoms with Crippen LogP contribution in [0.4, 0.5) is 5.69 Å². The SMILES string of the molecule is CCN(Cc1cccc(NC(=O)[C@@H]2CCC[C@@H]2CN)c1)C(C)=O. The van der Waals surface area contributed by atoms with Crippen molar-refractivity contribution >= 4 is 17.5 Å². The summed E-state index contributed by atoms with van der Waals surface area (Å²) >= 11 is 0. The Kier molecular flexibility index (Phi) is 6.16. The molecular weight excluding hydrogens is 290 g/mol. The molecule has 126 valence electrons. The lowest BCUT2D eigenvalue weighted by atomic mass is 9.95. The maximum absolute atomic E-state index is 12.5. The zero-order valence-corrected chi connectivity index (χ0v) is 14.0. The molecule has 0 heterocycles. The van der Waals surface area contributed by atoms with Crippen molar-refractivity contribution in [3.63, 3.8) is 0 Å². The van der Waals surface area contributed by atoms with E-state index in [9.17, 15) is 9.59 Å². The Bertz CT molecular complexity index is 559. The molecule has 23 heavy (non-hydrogen) atoms. The van der Waals surface area contributed by atoms with Crippen molar-refractivity contribution in [3.8, 4) is 0 Å². The average molecular weight is 317 g/mol. The average Bonchev–Trinajstić information content (AvgIpc) is 3.01.